The number of hydrogen-bond donors (Lipinski definition) is 2. The van der Waals surface area contributed by atoms with Crippen LogP contribution in [0.4, 0.5) is 20.4 Å². The van der Waals surface area contributed by atoms with Crippen molar-refractivity contribution in [1.29, 1.82) is 0 Å². The Bertz CT molecular complexity index is 442. The van der Waals surface area contributed by atoms with Crippen molar-refractivity contribution in [1.82, 2.24) is 4.98 Å². The van der Waals surface area contributed by atoms with Crippen molar-refractivity contribution in [2.24, 2.45) is 11.8 Å². The van der Waals surface area contributed by atoms with Gasteiger partial charge in [0.2, 0.25) is 0 Å². The molecule has 0 bridgehead atoms. The van der Waals surface area contributed by atoms with Crippen LogP contribution < -0.4 is 16.2 Å². The highest BCUT2D eigenvalue weighted by atomic mass is 19.1. The maximum atomic E-state index is 13.8. The Kier molecular flexibility index (Phi) is 4.49. The van der Waals surface area contributed by atoms with Gasteiger partial charge in [-0.25, -0.2) is 19.6 Å². The molecule has 2 heterocycles. The first kappa shape index (κ1) is 14.0. The number of ether oxygens (including phenoxy) is 1. The standard InChI is InChI=1S/C12H18F2N4O/c1-19-7-8-3-2-4-18(6-8)12-10(14)5-9(13)11(16-12)17-15/h5,8H,2-4,6-7,15H2,1H3,(H,16,17). The minimum Gasteiger partial charge on any atom is -0.384 e. The molecule has 1 aliphatic heterocycles. The number of halogens is 2. The van der Waals surface area contributed by atoms with Crippen LogP contribution in [0.3, 0.4) is 0 Å². The molecule has 3 N–H and O–H groups in total. The Labute approximate surface area is 110 Å². The van der Waals surface area contributed by atoms with Gasteiger partial charge in [-0.15, -0.1) is 0 Å². The molecule has 1 atom stereocenters. The number of nitrogen functional groups attached to an aromatic ring is 1. The summed E-state index contributed by atoms with van der Waals surface area (Å²) in [6, 6.07) is 0.803. The topological polar surface area (TPSA) is 63.4 Å². The molecule has 1 aromatic rings. The van der Waals surface area contributed by atoms with Crippen LogP contribution in [0.5, 0.6) is 0 Å². The van der Waals surface area contributed by atoms with Crippen LogP contribution in [0.25, 0.3) is 0 Å². The second-order valence-electron chi connectivity index (χ2n) is 4.68. The van der Waals surface area contributed by atoms with E-state index >= 15 is 0 Å². The van der Waals surface area contributed by atoms with Crippen LogP contribution in [-0.2, 0) is 4.74 Å². The van der Waals surface area contributed by atoms with E-state index in [0.717, 1.165) is 18.9 Å². The predicted molar refractivity (Wildman–Crippen MR) is 68.8 cm³/mol. The Morgan fingerprint density at radius 2 is 2.32 bits per heavy atom. The van der Waals surface area contributed by atoms with E-state index in [4.69, 9.17) is 10.6 Å². The Morgan fingerprint density at radius 1 is 1.53 bits per heavy atom. The first-order chi connectivity index (χ1) is 9.15. The first-order valence-corrected chi connectivity index (χ1v) is 6.22. The lowest BCUT2D eigenvalue weighted by atomic mass is 9.99. The van der Waals surface area contributed by atoms with Crippen LogP contribution in [0.1, 0.15) is 12.8 Å². The summed E-state index contributed by atoms with van der Waals surface area (Å²) in [5.41, 5.74) is 2.13. The van der Waals surface area contributed by atoms with Gasteiger partial charge in [-0.3, -0.25) is 0 Å². The van der Waals surface area contributed by atoms with Gasteiger partial charge in [0.25, 0.3) is 0 Å². The predicted octanol–water partition coefficient (Wildman–Crippen LogP) is 1.51. The molecule has 0 aromatic carbocycles. The molecule has 1 fully saturated rings. The van der Waals surface area contributed by atoms with E-state index in [0.29, 0.717) is 25.6 Å². The van der Waals surface area contributed by atoms with E-state index in [9.17, 15) is 8.78 Å². The van der Waals surface area contributed by atoms with Gasteiger partial charge in [0.1, 0.15) is 0 Å². The van der Waals surface area contributed by atoms with E-state index in [1.54, 1.807) is 7.11 Å². The average molecular weight is 272 g/mol. The highest BCUT2D eigenvalue weighted by molar-refractivity contribution is 5.49. The average Bonchev–Trinajstić information content (AvgIpc) is 2.39. The molecular weight excluding hydrogens is 254 g/mol. The van der Waals surface area contributed by atoms with Crippen molar-refractivity contribution in [2.75, 3.05) is 37.1 Å². The summed E-state index contributed by atoms with van der Waals surface area (Å²) >= 11 is 0. The number of piperidine rings is 1. The van der Waals surface area contributed by atoms with E-state index in [1.165, 1.54) is 0 Å². The number of anilines is 2. The quantitative estimate of drug-likeness (QED) is 0.642. The third-order valence-corrected chi connectivity index (χ3v) is 3.27. The van der Waals surface area contributed by atoms with E-state index in [-0.39, 0.29) is 11.6 Å². The summed E-state index contributed by atoms with van der Waals surface area (Å²) in [6.45, 7) is 1.97. The summed E-state index contributed by atoms with van der Waals surface area (Å²) in [7, 11) is 1.64. The van der Waals surface area contributed by atoms with Gasteiger partial charge >= 0.3 is 0 Å². The Hall–Kier alpha value is -1.47. The zero-order valence-electron chi connectivity index (χ0n) is 10.8. The Balaban J connectivity index is 2.20. The maximum absolute atomic E-state index is 13.8. The van der Waals surface area contributed by atoms with Crippen LogP contribution in [0.15, 0.2) is 6.07 Å². The number of rotatable bonds is 4. The number of hydrazine groups is 1. The third-order valence-electron chi connectivity index (χ3n) is 3.27. The number of hydrogen-bond acceptors (Lipinski definition) is 5. The van der Waals surface area contributed by atoms with Crippen molar-refractivity contribution < 1.29 is 13.5 Å². The maximum Gasteiger partial charge on any atom is 0.178 e. The molecule has 106 valence electrons. The lowest BCUT2D eigenvalue weighted by Crippen LogP contribution is -2.38. The van der Waals surface area contributed by atoms with Gasteiger partial charge in [-0.2, -0.15) is 0 Å². The number of aromatic nitrogens is 1. The molecule has 1 unspecified atom stereocenters. The number of nitrogens with one attached hydrogen (secondary N) is 1. The van der Waals surface area contributed by atoms with Crippen LogP contribution in [-0.4, -0.2) is 31.8 Å². The molecule has 0 amide bonds. The smallest absolute Gasteiger partial charge is 0.178 e. The molecule has 1 saturated heterocycles. The van der Waals surface area contributed by atoms with E-state index in [1.807, 2.05) is 4.90 Å². The summed E-state index contributed by atoms with van der Waals surface area (Å²) < 4.78 is 32.3. The summed E-state index contributed by atoms with van der Waals surface area (Å²) in [6.07, 6.45) is 1.97. The molecular formula is C12H18F2N4O. The Morgan fingerprint density at radius 3 is 3.00 bits per heavy atom. The van der Waals surface area contributed by atoms with Gasteiger partial charge in [0.15, 0.2) is 23.3 Å². The molecule has 0 spiro atoms. The molecule has 2 rings (SSSR count). The van der Waals surface area contributed by atoms with E-state index in [2.05, 4.69) is 10.4 Å². The van der Waals surface area contributed by atoms with Gasteiger partial charge in [0.05, 0.1) is 6.61 Å². The van der Waals surface area contributed by atoms with Crippen molar-refractivity contribution in [3.05, 3.63) is 17.7 Å². The van der Waals surface area contributed by atoms with E-state index < -0.39 is 11.6 Å². The van der Waals surface area contributed by atoms with Crippen LogP contribution in [0.2, 0.25) is 0 Å². The summed E-state index contributed by atoms with van der Waals surface area (Å²) in [5.74, 6) is 4.01. The first-order valence-electron chi connectivity index (χ1n) is 6.22. The molecule has 7 heteroatoms. The second kappa shape index (κ2) is 6.12. The molecule has 1 aromatic heterocycles. The van der Waals surface area contributed by atoms with Gasteiger partial charge < -0.3 is 15.1 Å². The van der Waals surface area contributed by atoms with Crippen LogP contribution in [0, 0.1) is 17.6 Å². The fraction of sp³-hybridized carbons (Fsp3) is 0.583. The lowest BCUT2D eigenvalue weighted by Gasteiger charge is -2.33. The fourth-order valence-electron chi connectivity index (χ4n) is 2.41. The molecule has 0 aliphatic carbocycles. The van der Waals surface area contributed by atoms with Gasteiger partial charge in [-0.1, -0.05) is 0 Å². The molecule has 5 nitrogen and oxygen atoms in total. The minimum absolute atomic E-state index is 0.134. The number of methoxy groups -OCH3 is 1. The molecule has 0 radical (unpaired) electrons. The minimum atomic E-state index is -0.797. The normalized spacial score (nSPS) is 19.6. The van der Waals surface area contributed by atoms with Crippen molar-refractivity contribution in [2.45, 2.75) is 12.8 Å². The van der Waals surface area contributed by atoms with Crippen LogP contribution >= 0.6 is 0 Å². The highest BCUT2D eigenvalue weighted by Gasteiger charge is 2.24. The van der Waals surface area contributed by atoms with Gasteiger partial charge in [-0.05, 0) is 18.8 Å². The number of pyridine rings is 1. The fourth-order valence-corrected chi connectivity index (χ4v) is 2.41. The summed E-state index contributed by atoms with van der Waals surface area (Å²) in [5, 5.41) is 0. The third kappa shape index (κ3) is 3.10. The zero-order valence-corrected chi connectivity index (χ0v) is 10.8. The monoisotopic (exact) mass is 272 g/mol. The lowest BCUT2D eigenvalue weighted by molar-refractivity contribution is 0.143. The molecule has 1 aliphatic rings. The zero-order chi connectivity index (χ0) is 13.8. The molecule has 19 heavy (non-hydrogen) atoms. The van der Waals surface area contributed by atoms with Gasteiger partial charge in [0, 0.05) is 26.3 Å². The van der Waals surface area contributed by atoms with Crippen molar-refractivity contribution >= 4 is 11.6 Å². The SMILES string of the molecule is COCC1CCCN(c2nc(NN)c(F)cc2F)C1. The second-order valence-corrected chi connectivity index (χ2v) is 4.68. The summed E-state index contributed by atoms with van der Waals surface area (Å²) in [4.78, 5) is 5.72. The largest absolute Gasteiger partial charge is 0.384 e. The highest BCUT2D eigenvalue weighted by Crippen LogP contribution is 2.26. The number of nitrogens with two attached hydrogens (primary N) is 1. The molecule has 0 saturated carbocycles. The van der Waals surface area contributed by atoms with Crippen molar-refractivity contribution in [3.8, 4) is 0 Å². The van der Waals surface area contributed by atoms with Crippen molar-refractivity contribution in [3.63, 3.8) is 0 Å². The number of nitrogens with zero attached hydrogens (tertiary/aromatic N) is 2.